The maximum absolute atomic E-state index is 11.9. The maximum Gasteiger partial charge on any atom is 0.415 e. The second-order valence-electron chi connectivity index (χ2n) is 4.33. The van der Waals surface area contributed by atoms with Gasteiger partial charge in [0.1, 0.15) is 18.1 Å². The summed E-state index contributed by atoms with van der Waals surface area (Å²) in [6, 6.07) is 4.87. The van der Waals surface area contributed by atoms with Gasteiger partial charge >= 0.3 is 6.09 Å². The zero-order valence-electron chi connectivity index (χ0n) is 10.9. The van der Waals surface area contributed by atoms with Gasteiger partial charge in [-0.2, -0.15) is 0 Å². The first kappa shape index (κ1) is 15.0. The van der Waals surface area contributed by atoms with Gasteiger partial charge < -0.3 is 14.4 Å². The molecule has 1 fully saturated rings. The number of rotatable bonds is 4. The van der Waals surface area contributed by atoms with Gasteiger partial charge in [-0.15, -0.1) is 0 Å². The number of likely N-dealkylation sites (tertiary alicyclic amines) is 1. The summed E-state index contributed by atoms with van der Waals surface area (Å²) in [6.07, 6.45) is 3.35. The number of halogens is 2. The van der Waals surface area contributed by atoms with E-state index in [-0.39, 0.29) is 6.09 Å². The van der Waals surface area contributed by atoms with Crippen LogP contribution in [0.15, 0.2) is 29.8 Å². The molecule has 1 aromatic carbocycles. The summed E-state index contributed by atoms with van der Waals surface area (Å²) in [4.78, 5) is 13.6. The third-order valence-electron chi connectivity index (χ3n) is 2.90. The predicted molar refractivity (Wildman–Crippen MR) is 78.8 cm³/mol. The lowest BCUT2D eigenvalue weighted by Gasteiger charge is -2.15. The maximum atomic E-state index is 11.9. The largest absolute Gasteiger partial charge is 0.488 e. The van der Waals surface area contributed by atoms with Crippen molar-refractivity contribution in [3.63, 3.8) is 0 Å². The Morgan fingerprint density at radius 1 is 1.35 bits per heavy atom. The minimum absolute atomic E-state index is 0.298. The van der Waals surface area contributed by atoms with Crippen LogP contribution in [0.1, 0.15) is 12.8 Å². The lowest BCUT2D eigenvalue weighted by molar-refractivity contribution is 0.162. The molecule has 0 N–H and O–H groups in total. The van der Waals surface area contributed by atoms with E-state index >= 15 is 0 Å². The standard InChI is InChI=1S/C14H15Cl2NO3/c15-6-3-9-19-13-10-11(4-5-12(13)16)20-14(18)17-7-1-2-8-17/h3-6,10H,1-2,7-9H2. The van der Waals surface area contributed by atoms with E-state index in [2.05, 4.69) is 0 Å². The second kappa shape index (κ2) is 7.41. The highest BCUT2D eigenvalue weighted by Gasteiger charge is 2.20. The molecule has 1 aliphatic heterocycles. The molecule has 0 atom stereocenters. The molecule has 2 rings (SSSR count). The molecule has 0 unspecified atom stereocenters. The molecular formula is C14H15Cl2NO3. The summed E-state index contributed by atoms with van der Waals surface area (Å²) in [6.45, 7) is 1.79. The van der Waals surface area contributed by atoms with Gasteiger partial charge in [-0.3, -0.25) is 0 Å². The molecule has 1 amide bonds. The highest BCUT2D eigenvalue weighted by molar-refractivity contribution is 6.32. The molecule has 1 aromatic rings. The van der Waals surface area contributed by atoms with Crippen molar-refractivity contribution in [3.05, 3.63) is 34.8 Å². The first-order chi connectivity index (χ1) is 9.70. The summed E-state index contributed by atoms with van der Waals surface area (Å²) >= 11 is 11.4. The van der Waals surface area contributed by atoms with E-state index in [0.29, 0.717) is 23.1 Å². The van der Waals surface area contributed by atoms with Crippen LogP contribution in [0, 0.1) is 0 Å². The molecule has 0 aliphatic carbocycles. The minimum Gasteiger partial charge on any atom is -0.488 e. The Morgan fingerprint density at radius 3 is 2.80 bits per heavy atom. The van der Waals surface area contributed by atoms with E-state index in [1.807, 2.05) is 0 Å². The first-order valence-corrected chi connectivity index (χ1v) is 7.16. The van der Waals surface area contributed by atoms with E-state index < -0.39 is 0 Å². The predicted octanol–water partition coefficient (Wildman–Crippen LogP) is 4.07. The summed E-state index contributed by atoms with van der Waals surface area (Å²) in [5.74, 6) is 0.865. The fraction of sp³-hybridized carbons (Fsp3) is 0.357. The fourth-order valence-electron chi connectivity index (χ4n) is 1.90. The van der Waals surface area contributed by atoms with Gasteiger partial charge in [-0.25, -0.2) is 4.79 Å². The molecule has 0 bridgehead atoms. The van der Waals surface area contributed by atoms with Crippen molar-refractivity contribution >= 4 is 29.3 Å². The lowest BCUT2D eigenvalue weighted by atomic mass is 10.3. The third-order valence-corrected chi connectivity index (χ3v) is 3.39. The molecule has 4 nitrogen and oxygen atoms in total. The van der Waals surface area contributed by atoms with Crippen LogP contribution in [0.3, 0.4) is 0 Å². The van der Waals surface area contributed by atoms with Crippen molar-refractivity contribution in [1.29, 1.82) is 0 Å². The van der Waals surface area contributed by atoms with E-state index in [0.717, 1.165) is 25.9 Å². The molecule has 20 heavy (non-hydrogen) atoms. The van der Waals surface area contributed by atoms with Crippen molar-refractivity contribution in [3.8, 4) is 11.5 Å². The van der Waals surface area contributed by atoms with E-state index in [1.54, 1.807) is 29.2 Å². The van der Waals surface area contributed by atoms with Crippen LogP contribution in [0.5, 0.6) is 11.5 Å². The van der Waals surface area contributed by atoms with E-state index in [4.69, 9.17) is 32.7 Å². The van der Waals surface area contributed by atoms with Gasteiger partial charge in [-0.1, -0.05) is 23.2 Å². The SMILES string of the molecule is O=C(Oc1ccc(Cl)c(OCC=CCl)c1)N1CCCC1. The summed E-state index contributed by atoms with van der Waals surface area (Å²) in [5.41, 5.74) is 1.37. The summed E-state index contributed by atoms with van der Waals surface area (Å²) in [7, 11) is 0. The van der Waals surface area contributed by atoms with Gasteiger partial charge in [0.2, 0.25) is 0 Å². The molecule has 108 valence electrons. The molecule has 6 heteroatoms. The number of ether oxygens (including phenoxy) is 2. The van der Waals surface area contributed by atoms with Crippen LogP contribution in [0.25, 0.3) is 0 Å². The Hall–Kier alpha value is -1.39. The highest BCUT2D eigenvalue weighted by atomic mass is 35.5. The average Bonchev–Trinajstić information content (AvgIpc) is 2.96. The van der Waals surface area contributed by atoms with Crippen LogP contribution in [0.2, 0.25) is 5.02 Å². The molecule has 1 heterocycles. The number of carbonyl (C=O) groups is 1. The zero-order valence-corrected chi connectivity index (χ0v) is 12.4. The van der Waals surface area contributed by atoms with Crippen LogP contribution in [0.4, 0.5) is 4.79 Å². The van der Waals surface area contributed by atoms with Gasteiger partial charge in [-0.05, 0) is 31.1 Å². The normalized spacial score (nSPS) is 14.8. The van der Waals surface area contributed by atoms with Crippen LogP contribution in [-0.4, -0.2) is 30.7 Å². The number of amides is 1. The Kier molecular flexibility index (Phi) is 5.56. The Morgan fingerprint density at radius 2 is 2.10 bits per heavy atom. The van der Waals surface area contributed by atoms with Gasteiger partial charge in [0.15, 0.2) is 0 Å². The van der Waals surface area contributed by atoms with Crippen LogP contribution < -0.4 is 9.47 Å². The summed E-state index contributed by atoms with van der Waals surface area (Å²) < 4.78 is 10.7. The smallest absolute Gasteiger partial charge is 0.415 e. The van der Waals surface area contributed by atoms with Crippen LogP contribution in [-0.2, 0) is 0 Å². The monoisotopic (exact) mass is 315 g/mol. The van der Waals surface area contributed by atoms with Crippen LogP contribution >= 0.6 is 23.2 Å². The van der Waals surface area contributed by atoms with E-state index in [9.17, 15) is 4.79 Å². The van der Waals surface area contributed by atoms with E-state index in [1.165, 1.54) is 5.54 Å². The lowest BCUT2D eigenvalue weighted by Crippen LogP contribution is -2.30. The first-order valence-electron chi connectivity index (χ1n) is 6.35. The fourth-order valence-corrected chi connectivity index (χ4v) is 2.14. The van der Waals surface area contributed by atoms with Crippen molar-refractivity contribution < 1.29 is 14.3 Å². The van der Waals surface area contributed by atoms with Crippen molar-refractivity contribution in [2.75, 3.05) is 19.7 Å². The van der Waals surface area contributed by atoms with Gasteiger partial charge in [0.05, 0.1) is 5.02 Å². The number of benzene rings is 1. The van der Waals surface area contributed by atoms with Crippen molar-refractivity contribution in [2.24, 2.45) is 0 Å². The van der Waals surface area contributed by atoms with Crippen molar-refractivity contribution in [2.45, 2.75) is 12.8 Å². The quantitative estimate of drug-likeness (QED) is 0.840. The highest BCUT2D eigenvalue weighted by Crippen LogP contribution is 2.29. The minimum atomic E-state index is -0.337. The molecular weight excluding hydrogens is 301 g/mol. The number of nitrogens with zero attached hydrogens (tertiary/aromatic N) is 1. The molecule has 1 saturated heterocycles. The second-order valence-corrected chi connectivity index (χ2v) is 4.99. The summed E-state index contributed by atoms with van der Waals surface area (Å²) in [5, 5.41) is 0.453. The Bertz CT molecular complexity index is 499. The van der Waals surface area contributed by atoms with Gasteiger partial charge in [0.25, 0.3) is 0 Å². The topological polar surface area (TPSA) is 38.8 Å². The third kappa shape index (κ3) is 4.05. The molecule has 1 aliphatic rings. The number of carbonyl (C=O) groups excluding carboxylic acids is 1. The molecule has 0 aromatic heterocycles. The molecule has 0 saturated carbocycles. The molecule has 0 spiro atoms. The Labute approximate surface area is 127 Å². The number of hydrogen-bond donors (Lipinski definition) is 0. The Balaban J connectivity index is 2.00. The van der Waals surface area contributed by atoms with Gasteiger partial charge in [0, 0.05) is 24.7 Å². The molecule has 0 radical (unpaired) electrons. The number of hydrogen-bond acceptors (Lipinski definition) is 3. The zero-order chi connectivity index (χ0) is 14.4. The van der Waals surface area contributed by atoms with Crippen molar-refractivity contribution in [1.82, 2.24) is 4.90 Å². The average molecular weight is 316 g/mol.